The summed E-state index contributed by atoms with van der Waals surface area (Å²) >= 11 is 3.34. The first kappa shape index (κ1) is 20.2. The number of halogens is 1. The normalized spacial score (nSPS) is 14.3. The number of benzene rings is 1. The van der Waals surface area contributed by atoms with Gasteiger partial charge in [0.1, 0.15) is 6.54 Å². The lowest BCUT2D eigenvalue weighted by molar-refractivity contribution is -0.142. The van der Waals surface area contributed by atoms with Gasteiger partial charge in [-0.05, 0) is 30.7 Å². The number of nitrogens with zero attached hydrogens (tertiary/aromatic N) is 3. The van der Waals surface area contributed by atoms with Crippen molar-refractivity contribution in [3.8, 4) is 0 Å². The summed E-state index contributed by atoms with van der Waals surface area (Å²) in [4.78, 5) is 41.4. The number of hydrogen-bond acceptors (Lipinski definition) is 3. The Morgan fingerprint density at radius 1 is 1.23 bits per heavy atom. The molecule has 0 bridgehead atoms. The summed E-state index contributed by atoms with van der Waals surface area (Å²) in [6.45, 7) is 3.58. The fourth-order valence-electron chi connectivity index (χ4n) is 2.59. The number of piperazine rings is 1. The molecular weight excluding hydrogens is 400 g/mol. The van der Waals surface area contributed by atoms with Crippen molar-refractivity contribution < 1.29 is 14.4 Å². The fourth-order valence-corrected chi connectivity index (χ4v) is 2.85. The number of hydrogen-bond donors (Lipinski definition) is 1. The second-order valence-corrected chi connectivity index (χ2v) is 7.26. The van der Waals surface area contributed by atoms with Crippen LogP contribution in [0.25, 0.3) is 0 Å². The number of urea groups is 1. The van der Waals surface area contributed by atoms with E-state index in [1.54, 1.807) is 24.1 Å². The molecule has 0 spiro atoms. The van der Waals surface area contributed by atoms with Gasteiger partial charge in [-0.15, -0.1) is 0 Å². The van der Waals surface area contributed by atoms with Crippen LogP contribution in [0.15, 0.2) is 28.7 Å². The molecule has 8 heteroatoms. The third-order valence-corrected chi connectivity index (χ3v) is 4.83. The zero-order valence-electron chi connectivity index (χ0n) is 15.2. The highest BCUT2D eigenvalue weighted by Gasteiger charge is 2.29. The van der Waals surface area contributed by atoms with Crippen molar-refractivity contribution in [1.82, 2.24) is 14.7 Å². The van der Waals surface area contributed by atoms with Gasteiger partial charge in [0.25, 0.3) is 0 Å². The van der Waals surface area contributed by atoms with Crippen molar-refractivity contribution in [2.24, 2.45) is 0 Å². The molecule has 0 radical (unpaired) electrons. The molecule has 0 atom stereocenters. The molecule has 1 aromatic rings. The van der Waals surface area contributed by atoms with E-state index in [4.69, 9.17) is 0 Å². The highest BCUT2D eigenvalue weighted by Crippen LogP contribution is 2.15. The maximum atomic E-state index is 12.3. The Morgan fingerprint density at radius 3 is 2.54 bits per heavy atom. The predicted molar refractivity (Wildman–Crippen MR) is 104 cm³/mol. The molecule has 7 nitrogen and oxygen atoms in total. The largest absolute Gasteiger partial charge is 0.344 e. The van der Waals surface area contributed by atoms with Crippen LogP contribution in [0.3, 0.4) is 0 Å². The van der Waals surface area contributed by atoms with Gasteiger partial charge in [-0.1, -0.05) is 29.3 Å². The lowest BCUT2D eigenvalue weighted by Crippen LogP contribution is -2.55. The molecule has 0 aromatic heterocycles. The summed E-state index contributed by atoms with van der Waals surface area (Å²) < 4.78 is 0.924. The first-order chi connectivity index (χ1) is 12.4. The van der Waals surface area contributed by atoms with Gasteiger partial charge in [-0.3, -0.25) is 9.59 Å². The van der Waals surface area contributed by atoms with Crippen molar-refractivity contribution >= 4 is 39.5 Å². The highest BCUT2D eigenvalue weighted by atomic mass is 79.9. The fraction of sp³-hybridized carbons (Fsp3) is 0.500. The Bertz CT molecular complexity index is 650. The molecule has 1 fully saturated rings. The van der Waals surface area contributed by atoms with Crippen LogP contribution >= 0.6 is 15.9 Å². The van der Waals surface area contributed by atoms with Crippen LogP contribution in [0.4, 0.5) is 10.5 Å². The number of rotatable bonds is 6. The molecule has 1 heterocycles. The maximum absolute atomic E-state index is 12.3. The van der Waals surface area contributed by atoms with Crippen LogP contribution < -0.4 is 5.32 Å². The van der Waals surface area contributed by atoms with Crippen molar-refractivity contribution in [1.29, 1.82) is 0 Å². The molecule has 4 amide bonds. The number of carbonyl (C=O) groups excluding carboxylic acids is 3. The molecule has 142 valence electrons. The van der Waals surface area contributed by atoms with E-state index < -0.39 is 0 Å². The van der Waals surface area contributed by atoms with Crippen molar-refractivity contribution in [3.63, 3.8) is 0 Å². The summed E-state index contributed by atoms with van der Waals surface area (Å²) in [7, 11) is 1.75. The number of amides is 4. The van der Waals surface area contributed by atoms with Crippen molar-refractivity contribution in [3.05, 3.63) is 28.7 Å². The first-order valence-corrected chi connectivity index (χ1v) is 9.53. The quantitative estimate of drug-likeness (QED) is 0.761. The Morgan fingerprint density at radius 2 is 1.92 bits per heavy atom. The van der Waals surface area contributed by atoms with E-state index in [1.807, 2.05) is 12.1 Å². The Hall–Kier alpha value is -2.09. The molecule has 2 rings (SSSR count). The van der Waals surface area contributed by atoms with E-state index in [-0.39, 0.29) is 30.9 Å². The third kappa shape index (κ3) is 5.72. The molecule has 0 unspecified atom stereocenters. The van der Waals surface area contributed by atoms with Crippen LogP contribution in [-0.2, 0) is 9.59 Å². The number of nitrogens with one attached hydrogen (secondary N) is 1. The maximum Gasteiger partial charge on any atom is 0.322 e. The van der Waals surface area contributed by atoms with Crippen LogP contribution in [0, 0.1) is 0 Å². The zero-order chi connectivity index (χ0) is 19.1. The highest BCUT2D eigenvalue weighted by molar-refractivity contribution is 9.10. The topological polar surface area (TPSA) is 73.0 Å². The first-order valence-electron chi connectivity index (χ1n) is 8.74. The average Bonchev–Trinajstić information content (AvgIpc) is 2.63. The lowest BCUT2D eigenvalue weighted by atomic mass is 10.3. The Labute approximate surface area is 162 Å². The van der Waals surface area contributed by atoms with E-state index >= 15 is 0 Å². The molecule has 26 heavy (non-hydrogen) atoms. The number of anilines is 1. The second kappa shape index (κ2) is 9.56. The van der Waals surface area contributed by atoms with Crippen LogP contribution in [-0.4, -0.2) is 72.3 Å². The lowest BCUT2D eigenvalue weighted by Gasteiger charge is -2.34. The van der Waals surface area contributed by atoms with Gasteiger partial charge in [0.2, 0.25) is 11.8 Å². The summed E-state index contributed by atoms with van der Waals surface area (Å²) in [5.41, 5.74) is 0.667. The third-order valence-electron chi connectivity index (χ3n) is 4.30. The number of likely N-dealkylation sites (N-methyl/N-ethyl adjacent to an activating group) is 1. The van der Waals surface area contributed by atoms with Crippen molar-refractivity contribution in [2.45, 2.75) is 19.8 Å². The molecule has 1 N–H and O–H groups in total. The monoisotopic (exact) mass is 424 g/mol. The summed E-state index contributed by atoms with van der Waals surface area (Å²) in [6.07, 6.45) is 1.96. The minimum absolute atomic E-state index is 0.0195. The summed E-state index contributed by atoms with van der Waals surface area (Å²) in [6, 6.07) is 6.92. The smallest absolute Gasteiger partial charge is 0.322 e. The Balaban J connectivity index is 1.83. The molecule has 1 saturated heterocycles. The second-order valence-electron chi connectivity index (χ2n) is 6.34. The molecule has 1 aliphatic heterocycles. The van der Waals surface area contributed by atoms with Crippen LogP contribution in [0.1, 0.15) is 19.8 Å². The van der Waals surface area contributed by atoms with Gasteiger partial charge in [-0.25, -0.2) is 4.79 Å². The van der Waals surface area contributed by atoms with Gasteiger partial charge >= 0.3 is 6.03 Å². The molecule has 0 aliphatic carbocycles. The van der Waals surface area contributed by atoms with Crippen LogP contribution in [0.5, 0.6) is 0 Å². The standard InChI is InChI=1S/C18H25BrN4O3/c1-3-4-9-21(2)16(24)12-22-10-11-23(13-17(22)25)18(26)20-15-7-5-14(19)6-8-15/h5-8H,3-4,9-13H2,1-2H3,(H,20,26). The molecule has 1 aliphatic rings. The molecular formula is C18H25BrN4O3. The molecule has 1 aromatic carbocycles. The van der Waals surface area contributed by atoms with Gasteiger partial charge in [0.15, 0.2) is 0 Å². The van der Waals surface area contributed by atoms with E-state index in [0.717, 1.165) is 17.3 Å². The summed E-state index contributed by atoms with van der Waals surface area (Å²) in [5.74, 6) is -0.279. The predicted octanol–water partition coefficient (Wildman–Crippen LogP) is 2.38. The number of unbranched alkanes of at least 4 members (excludes halogenated alkanes) is 1. The van der Waals surface area contributed by atoms with Crippen LogP contribution in [0.2, 0.25) is 0 Å². The SMILES string of the molecule is CCCCN(C)C(=O)CN1CCN(C(=O)Nc2ccc(Br)cc2)CC1=O. The van der Waals surface area contributed by atoms with Gasteiger partial charge in [0, 0.05) is 36.8 Å². The van der Waals surface area contributed by atoms with E-state index in [9.17, 15) is 14.4 Å². The van der Waals surface area contributed by atoms with Crippen molar-refractivity contribution in [2.75, 3.05) is 45.1 Å². The molecule has 0 saturated carbocycles. The van der Waals surface area contributed by atoms with Gasteiger partial charge in [-0.2, -0.15) is 0 Å². The number of carbonyl (C=O) groups is 3. The van der Waals surface area contributed by atoms with E-state index in [2.05, 4.69) is 28.2 Å². The van der Waals surface area contributed by atoms with E-state index in [0.29, 0.717) is 25.3 Å². The van der Waals surface area contributed by atoms with Gasteiger partial charge in [0.05, 0.1) is 6.54 Å². The van der Waals surface area contributed by atoms with E-state index in [1.165, 1.54) is 9.80 Å². The summed E-state index contributed by atoms with van der Waals surface area (Å²) in [5, 5.41) is 2.78. The minimum atomic E-state index is -0.313. The average molecular weight is 425 g/mol. The minimum Gasteiger partial charge on any atom is -0.344 e. The van der Waals surface area contributed by atoms with Gasteiger partial charge < -0.3 is 20.0 Å². The zero-order valence-corrected chi connectivity index (χ0v) is 16.8. The Kier molecular flexibility index (Phi) is 7.44.